The molecule has 1 atom stereocenters. The Kier molecular flexibility index (Phi) is 5.93. The normalized spacial score (nSPS) is 13.0. The Bertz CT molecular complexity index is 307. The lowest BCUT2D eigenvalue weighted by Gasteiger charge is -2.16. The molecule has 1 N–H and O–H groups in total. The van der Waals surface area contributed by atoms with Gasteiger partial charge in [-0.25, -0.2) is 0 Å². The maximum absolute atomic E-state index is 5.95. The van der Waals surface area contributed by atoms with E-state index >= 15 is 0 Å². The number of unbranched alkanes of at least 4 members (excludes halogenated alkanes) is 1. The van der Waals surface area contributed by atoms with Gasteiger partial charge < -0.3 is 9.88 Å². The summed E-state index contributed by atoms with van der Waals surface area (Å²) in [5.41, 5.74) is 1.25. The minimum atomic E-state index is 0.633. The predicted molar refractivity (Wildman–Crippen MR) is 70.9 cm³/mol. The molecular weight excluding hydrogens is 220 g/mol. The van der Waals surface area contributed by atoms with E-state index in [0.29, 0.717) is 6.04 Å². The van der Waals surface area contributed by atoms with Gasteiger partial charge in [0, 0.05) is 31.5 Å². The van der Waals surface area contributed by atoms with Crippen LogP contribution in [0.25, 0.3) is 0 Å². The van der Waals surface area contributed by atoms with Gasteiger partial charge in [-0.3, -0.25) is 0 Å². The van der Waals surface area contributed by atoms with Crippen molar-refractivity contribution in [1.82, 2.24) is 9.88 Å². The molecule has 3 heteroatoms. The number of hydrogen-bond acceptors (Lipinski definition) is 1. The fourth-order valence-corrected chi connectivity index (χ4v) is 2.16. The van der Waals surface area contributed by atoms with Gasteiger partial charge in [0.05, 0.1) is 5.02 Å². The molecule has 0 aromatic carbocycles. The van der Waals surface area contributed by atoms with Crippen LogP contribution in [0.2, 0.25) is 5.02 Å². The molecule has 1 rings (SSSR count). The zero-order chi connectivity index (χ0) is 12.0. The highest BCUT2D eigenvalue weighted by molar-refractivity contribution is 6.30. The van der Waals surface area contributed by atoms with Crippen molar-refractivity contribution < 1.29 is 0 Å². The molecule has 0 bridgehead atoms. The van der Waals surface area contributed by atoms with Crippen LogP contribution in [0, 0.1) is 0 Å². The summed E-state index contributed by atoms with van der Waals surface area (Å²) in [5, 5.41) is 4.42. The Morgan fingerprint density at radius 3 is 2.69 bits per heavy atom. The van der Waals surface area contributed by atoms with E-state index < -0.39 is 0 Å². The predicted octanol–water partition coefficient (Wildman–Crippen LogP) is 3.74. The van der Waals surface area contributed by atoms with Gasteiger partial charge in [-0.2, -0.15) is 0 Å². The summed E-state index contributed by atoms with van der Waals surface area (Å²) in [7, 11) is 2.04. The Hall–Kier alpha value is -0.470. The molecule has 0 saturated heterocycles. The molecule has 0 radical (unpaired) electrons. The molecule has 1 aromatic heterocycles. The number of nitrogens with zero attached hydrogens (tertiary/aromatic N) is 1. The van der Waals surface area contributed by atoms with E-state index in [0.717, 1.165) is 11.6 Å². The quantitative estimate of drug-likeness (QED) is 0.771. The molecule has 0 fully saturated rings. The Balaban J connectivity index is 2.39. The Labute approximate surface area is 104 Å². The van der Waals surface area contributed by atoms with Crippen molar-refractivity contribution in [1.29, 1.82) is 0 Å². The summed E-state index contributed by atoms with van der Waals surface area (Å²) in [6, 6.07) is 2.66. The van der Waals surface area contributed by atoms with Crippen LogP contribution in [-0.4, -0.2) is 10.6 Å². The van der Waals surface area contributed by atoms with Crippen molar-refractivity contribution >= 4 is 11.6 Å². The molecule has 16 heavy (non-hydrogen) atoms. The van der Waals surface area contributed by atoms with Crippen LogP contribution in [0.4, 0.5) is 0 Å². The minimum Gasteiger partial charge on any atom is -0.352 e. The third-order valence-corrected chi connectivity index (χ3v) is 3.25. The van der Waals surface area contributed by atoms with E-state index in [9.17, 15) is 0 Å². The highest BCUT2D eigenvalue weighted by Gasteiger charge is 2.06. The van der Waals surface area contributed by atoms with Crippen molar-refractivity contribution in [3.8, 4) is 0 Å². The Morgan fingerprint density at radius 1 is 1.44 bits per heavy atom. The highest BCUT2D eigenvalue weighted by atomic mass is 35.5. The minimum absolute atomic E-state index is 0.633. The largest absolute Gasteiger partial charge is 0.352 e. The lowest BCUT2D eigenvalue weighted by molar-refractivity contribution is 0.446. The van der Waals surface area contributed by atoms with Gasteiger partial charge in [0.1, 0.15) is 0 Å². The average Bonchev–Trinajstić information content (AvgIpc) is 2.58. The van der Waals surface area contributed by atoms with Gasteiger partial charge in [0.25, 0.3) is 0 Å². The molecule has 0 amide bonds. The maximum Gasteiger partial charge on any atom is 0.0585 e. The van der Waals surface area contributed by atoms with Crippen LogP contribution in [0.5, 0.6) is 0 Å². The maximum atomic E-state index is 5.95. The second kappa shape index (κ2) is 6.97. The summed E-state index contributed by atoms with van der Waals surface area (Å²) >= 11 is 5.95. The van der Waals surface area contributed by atoms with Crippen LogP contribution >= 0.6 is 11.6 Å². The molecule has 0 aliphatic carbocycles. The van der Waals surface area contributed by atoms with E-state index in [4.69, 9.17) is 11.6 Å². The first kappa shape index (κ1) is 13.6. The number of rotatable bonds is 7. The van der Waals surface area contributed by atoms with E-state index in [1.807, 2.05) is 19.3 Å². The van der Waals surface area contributed by atoms with Crippen LogP contribution in [0.1, 0.15) is 45.2 Å². The first-order valence-electron chi connectivity index (χ1n) is 6.21. The van der Waals surface area contributed by atoms with Crippen molar-refractivity contribution in [2.24, 2.45) is 7.05 Å². The molecule has 1 heterocycles. The van der Waals surface area contributed by atoms with Crippen molar-refractivity contribution in [3.63, 3.8) is 0 Å². The van der Waals surface area contributed by atoms with Gasteiger partial charge in [-0.05, 0) is 18.9 Å². The van der Waals surface area contributed by atoms with Gasteiger partial charge in [0.15, 0.2) is 0 Å². The molecule has 0 saturated carbocycles. The molecule has 1 aromatic rings. The molecule has 0 spiro atoms. The lowest BCUT2D eigenvalue weighted by atomic mass is 10.1. The monoisotopic (exact) mass is 242 g/mol. The van der Waals surface area contributed by atoms with Gasteiger partial charge in [0.2, 0.25) is 0 Å². The summed E-state index contributed by atoms with van der Waals surface area (Å²) in [6.07, 6.45) is 6.99. The number of aromatic nitrogens is 1. The molecule has 0 aliphatic rings. The number of aryl methyl sites for hydroxylation is 1. The third kappa shape index (κ3) is 4.18. The standard InChI is InChI=1S/C13H23ClN2/c1-4-6-7-12(5-2)15-9-13-8-11(14)10-16(13)3/h8,10,12,15H,4-7,9H2,1-3H3. The topological polar surface area (TPSA) is 17.0 Å². The van der Waals surface area contributed by atoms with Crippen LogP contribution in [0.3, 0.4) is 0 Å². The van der Waals surface area contributed by atoms with Crippen molar-refractivity contribution in [2.75, 3.05) is 0 Å². The van der Waals surface area contributed by atoms with E-state index in [2.05, 4.69) is 23.7 Å². The fourth-order valence-electron chi connectivity index (χ4n) is 1.89. The van der Waals surface area contributed by atoms with Crippen LogP contribution < -0.4 is 5.32 Å². The molecule has 1 unspecified atom stereocenters. The zero-order valence-corrected chi connectivity index (χ0v) is 11.3. The summed E-state index contributed by atoms with van der Waals surface area (Å²) < 4.78 is 2.09. The third-order valence-electron chi connectivity index (χ3n) is 3.05. The molecular formula is C13H23ClN2. The van der Waals surface area contributed by atoms with Crippen molar-refractivity contribution in [3.05, 3.63) is 23.0 Å². The second-order valence-electron chi connectivity index (χ2n) is 4.39. The first-order chi connectivity index (χ1) is 7.67. The van der Waals surface area contributed by atoms with Crippen molar-refractivity contribution in [2.45, 2.75) is 52.1 Å². The summed E-state index contributed by atoms with van der Waals surface area (Å²) in [5.74, 6) is 0. The van der Waals surface area contributed by atoms with Crippen LogP contribution in [0.15, 0.2) is 12.3 Å². The van der Waals surface area contributed by atoms with E-state index in [1.165, 1.54) is 31.4 Å². The van der Waals surface area contributed by atoms with E-state index in [-0.39, 0.29) is 0 Å². The SMILES string of the molecule is CCCCC(CC)NCc1cc(Cl)cn1C. The van der Waals surface area contributed by atoms with E-state index in [1.54, 1.807) is 0 Å². The zero-order valence-electron chi connectivity index (χ0n) is 10.6. The molecule has 2 nitrogen and oxygen atoms in total. The van der Waals surface area contributed by atoms with Gasteiger partial charge in [-0.15, -0.1) is 0 Å². The highest BCUT2D eigenvalue weighted by Crippen LogP contribution is 2.13. The number of halogens is 1. The molecule has 0 aliphatic heterocycles. The summed E-state index contributed by atoms with van der Waals surface area (Å²) in [4.78, 5) is 0. The lowest BCUT2D eigenvalue weighted by Crippen LogP contribution is -2.28. The number of hydrogen-bond donors (Lipinski definition) is 1. The molecule has 92 valence electrons. The van der Waals surface area contributed by atoms with Gasteiger partial charge in [-0.1, -0.05) is 38.3 Å². The fraction of sp³-hybridized carbons (Fsp3) is 0.692. The van der Waals surface area contributed by atoms with Crippen LogP contribution in [-0.2, 0) is 13.6 Å². The first-order valence-corrected chi connectivity index (χ1v) is 6.59. The Morgan fingerprint density at radius 2 is 2.19 bits per heavy atom. The second-order valence-corrected chi connectivity index (χ2v) is 4.83. The van der Waals surface area contributed by atoms with Gasteiger partial charge >= 0.3 is 0 Å². The number of nitrogens with one attached hydrogen (secondary N) is 1. The average molecular weight is 243 g/mol. The summed E-state index contributed by atoms with van der Waals surface area (Å²) in [6.45, 7) is 5.39. The smallest absolute Gasteiger partial charge is 0.0585 e.